The lowest BCUT2D eigenvalue weighted by Crippen LogP contribution is -2.35. The van der Waals surface area contributed by atoms with Gasteiger partial charge < -0.3 is 11.1 Å². The number of hydrogen-bond acceptors (Lipinski definition) is 2. The lowest BCUT2D eigenvalue weighted by molar-refractivity contribution is -0.126. The van der Waals surface area contributed by atoms with Gasteiger partial charge in [-0.2, -0.15) is 0 Å². The summed E-state index contributed by atoms with van der Waals surface area (Å²) in [6.07, 6.45) is 5.55. The molecule has 0 saturated heterocycles. The second-order valence-electron chi connectivity index (χ2n) is 6.11. The minimum absolute atomic E-state index is 0.156. The van der Waals surface area contributed by atoms with Crippen molar-refractivity contribution in [2.45, 2.75) is 52.9 Å². The number of benzene rings is 1. The highest BCUT2D eigenvalue weighted by Gasteiger charge is 2.34. The fraction of sp³-hybridized carbons (Fsp3) is 0.562. The van der Waals surface area contributed by atoms with Crippen LogP contribution in [0, 0.1) is 19.3 Å². The minimum atomic E-state index is -0.210. The van der Waals surface area contributed by atoms with Crippen LogP contribution in [0.1, 0.15) is 50.2 Å². The third-order valence-electron chi connectivity index (χ3n) is 4.30. The Hall–Kier alpha value is -1.51. The van der Waals surface area contributed by atoms with Gasteiger partial charge in [0, 0.05) is 16.8 Å². The summed E-state index contributed by atoms with van der Waals surface area (Å²) < 4.78 is 0. The van der Waals surface area contributed by atoms with E-state index in [2.05, 4.69) is 12.2 Å². The van der Waals surface area contributed by atoms with Gasteiger partial charge >= 0.3 is 0 Å². The van der Waals surface area contributed by atoms with Crippen molar-refractivity contribution in [1.29, 1.82) is 0 Å². The van der Waals surface area contributed by atoms with Crippen molar-refractivity contribution >= 4 is 17.3 Å². The zero-order valence-electron chi connectivity index (χ0n) is 12.2. The number of nitrogens with two attached hydrogens (primary N) is 1. The van der Waals surface area contributed by atoms with Crippen molar-refractivity contribution in [3.05, 3.63) is 23.3 Å². The summed E-state index contributed by atoms with van der Waals surface area (Å²) in [5.74, 6) is 0.156. The van der Waals surface area contributed by atoms with Crippen LogP contribution in [0.25, 0.3) is 0 Å². The van der Waals surface area contributed by atoms with Crippen molar-refractivity contribution in [3.8, 4) is 0 Å². The van der Waals surface area contributed by atoms with Crippen LogP contribution in [-0.4, -0.2) is 5.91 Å². The molecule has 104 valence electrons. The molecule has 0 heterocycles. The van der Waals surface area contributed by atoms with E-state index in [4.69, 9.17) is 5.73 Å². The maximum Gasteiger partial charge on any atom is 0.230 e. The molecule has 1 aromatic rings. The van der Waals surface area contributed by atoms with Crippen molar-refractivity contribution in [2.75, 3.05) is 11.1 Å². The minimum Gasteiger partial charge on any atom is -0.399 e. The van der Waals surface area contributed by atoms with E-state index >= 15 is 0 Å². The fourth-order valence-electron chi connectivity index (χ4n) is 3.02. The second-order valence-corrected chi connectivity index (χ2v) is 6.11. The number of amides is 1. The van der Waals surface area contributed by atoms with Gasteiger partial charge in [-0.3, -0.25) is 4.79 Å². The third-order valence-corrected chi connectivity index (χ3v) is 4.30. The quantitative estimate of drug-likeness (QED) is 0.795. The molecule has 0 radical (unpaired) electrons. The zero-order chi connectivity index (χ0) is 14.0. The highest BCUT2D eigenvalue weighted by Crippen LogP contribution is 2.37. The van der Waals surface area contributed by atoms with E-state index in [1.165, 1.54) is 6.42 Å². The molecule has 1 amide bonds. The normalized spacial score (nSPS) is 18.1. The Bertz CT molecular complexity index is 465. The first-order valence-electron chi connectivity index (χ1n) is 7.10. The van der Waals surface area contributed by atoms with Crippen LogP contribution in [0.5, 0.6) is 0 Å². The van der Waals surface area contributed by atoms with Crippen molar-refractivity contribution in [1.82, 2.24) is 0 Å². The van der Waals surface area contributed by atoms with E-state index in [1.54, 1.807) is 0 Å². The number of carbonyl (C=O) groups excluding carboxylic acids is 1. The van der Waals surface area contributed by atoms with Crippen LogP contribution in [0.15, 0.2) is 12.1 Å². The summed E-state index contributed by atoms with van der Waals surface area (Å²) in [4.78, 5) is 12.5. The summed E-state index contributed by atoms with van der Waals surface area (Å²) >= 11 is 0. The van der Waals surface area contributed by atoms with Crippen LogP contribution in [0.4, 0.5) is 11.4 Å². The van der Waals surface area contributed by atoms with E-state index < -0.39 is 0 Å². The summed E-state index contributed by atoms with van der Waals surface area (Å²) in [6, 6.07) is 3.82. The molecule has 2 rings (SSSR count). The number of nitrogens with one attached hydrogen (secondary N) is 1. The Labute approximate surface area is 115 Å². The van der Waals surface area contributed by atoms with E-state index in [-0.39, 0.29) is 11.3 Å². The SMILES string of the molecule is Cc1cc(N)cc(C)c1NC(=O)C1(C)CCCCC1. The zero-order valence-corrected chi connectivity index (χ0v) is 12.2. The van der Waals surface area contributed by atoms with E-state index in [9.17, 15) is 4.79 Å². The Morgan fingerprint density at radius 2 is 1.68 bits per heavy atom. The van der Waals surface area contributed by atoms with E-state index in [0.717, 1.165) is 48.2 Å². The van der Waals surface area contributed by atoms with Gasteiger partial charge in [0.1, 0.15) is 0 Å². The van der Waals surface area contributed by atoms with Gasteiger partial charge in [0.2, 0.25) is 5.91 Å². The Kier molecular flexibility index (Phi) is 3.83. The van der Waals surface area contributed by atoms with Gasteiger partial charge in [-0.05, 0) is 49.9 Å². The number of rotatable bonds is 2. The van der Waals surface area contributed by atoms with Crippen LogP contribution in [0.3, 0.4) is 0 Å². The van der Waals surface area contributed by atoms with Crippen LogP contribution in [0.2, 0.25) is 0 Å². The molecule has 0 unspecified atom stereocenters. The van der Waals surface area contributed by atoms with Gasteiger partial charge in [-0.25, -0.2) is 0 Å². The van der Waals surface area contributed by atoms with E-state index in [1.807, 2.05) is 26.0 Å². The summed E-state index contributed by atoms with van der Waals surface area (Å²) in [5, 5.41) is 3.12. The largest absolute Gasteiger partial charge is 0.399 e. The van der Waals surface area contributed by atoms with Gasteiger partial charge in [0.15, 0.2) is 0 Å². The lowest BCUT2D eigenvalue weighted by Gasteiger charge is -2.32. The number of aryl methyl sites for hydroxylation is 2. The van der Waals surface area contributed by atoms with Crippen molar-refractivity contribution in [2.24, 2.45) is 5.41 Å². The monoisotopic (exact) mass is 260 g/mol. The molecular formula is C16H24N2O. The number of anilines is 2. The van der Waals surface area contributed by atoms with Gasteiger partial charge in [-0.1, -0.05) is 26.2 Å². The Balaban J connectivity index is 2.19. The van der Waals surface area contributed by atoms with Crippen molar-refractivity contribution in [3.63, 3.8) is 0 Å². The summed E-state index contributed by atoms with van der Waals surface area (Å²) in [6.45, 7) is 6.06. The smallest absolute Gasteiger partial charge is 0.230 e. The predicted octanol–water partition coefficient (Wildman–Crippen LogP) is 3.79. The van der Waals surface area contributed by atoms with Crippen molar-refractivity contribution < 1.29 is 4.79 Å². The summed E-state index contributed by atoms with van der Waals surface area (Å²) in [5.41, 5.74) is 9.34. The number of hydrogen-bond donors (Lipinski definition) is 2. The number of nitrogen functional groups attached to an aromatic ring is 1. The molecule has 1 saturated carbocycles. The average Bonchev–Trinajstić information content (AvgIpc) is 2.34. The van der Waals surface area contributed by atoms with Crippen LogP contribution >= 0.6 is 0 Å². The standard InChI is InChI=1S/C16H24N2O/c1-11-9-13(17)10-12(2)14(11)18-15(19)16(3)7-5-4-6-8-16/h9-10H,4-8,17H2,1-3H3,(H,18,19). The molecule has 19 heavy (non-hydrogen) atoms. The second kappa shape index (κ2) is 5.24. The molecule has 1 aliphatic carbocycles. The number of carbonyl (C=O) groups is 1. The van der Waals surface area contributed by atoms with Crippen LogP contribution in [-0.2, 0) is 4.79 Å². The Morgan fingerprint density at radius 3 is 2.21 bits per heavy atom. The lowest BCUT2D eigenvalue weighted by atomic mass is 9.75. The highest BCUT2D eigenvalue weighted by molar-refractivity contribution is 5.96. The molecule has 0 bridgehead atoms. The molecule has 0 atom stereocenters. The van der Waals surface area contributed by atoms with Gasteiger partial charge in [0.05, 0.1) is 0 Å². The maximum atomic E-state index is 12.5. The van der Waals surface area contributed by atoms with Gasteiger partial charge in [-0.15, -0.1) is 0 Å². The van der Waals surface area contributed by atoms with Gasteiger partial charge in [0.25, 0.3) is 0 Å². The molecule has 1 aromatic carbocycles. The highest BCUT2D eigenvalue weighted by atomic mass is 16.2. The molecule has 0 aromatic heterocycles. The van der Waals surface area contributed by atoms with E-state index in [0.29, 0.717) is 0 Å². The van der Waals surface area contributed by atoms with Crippen LogP contribution < -0.4 is 11.1 Å². The summed E-state index contributed by atoms with van der Waals surface area (Å²) in [7, 11) is 0. The molecule has 1 aliphatic rings. The average molecular weight is 260 g/mol. The topological polar surface area (TPSA) is 55.1 Å². The Morgan fingerprint density at radius 1 is 1.16 bits per heavy atom. The molecule has 1 fully saturated rings. The molecule has 3 heteroatoms. The first-order chi connectivity index (χ1) is 8.92. The molecular weight excluding hydrogens is 236 g/mol. The molecule has 3 N–H and O–H groups in total. The molecule has 0 aliphatic heterocycles. The first kappa shape index (κ1) is 13.9. The third kappa shape index (κ3) is 2.91. The molecule has 3 nitrogen and oxygen atoms in total. The fourth-order valence-corrected chi connectivity index (χ4v) is 3.02. The first-order valence-corrected chi connectivity index (χ1v) is 7.10. The predicted molar refractivity (Wildman–Crippen MR) is 80.2 cm³/mol. The molecule has 0 spiro atoms. The maximum absolute atomic E-state index is 12.5.